The highest BCUT2D eigenvalue weighted by atomic mass is 35.5. The average molecular weight is 351 g/mol. The van der Waals surface area contributed by atoms with Gasteiger partial charge in [-0.1, -0.05) is 12.1 Å². The molecule has 23 heavy (non-hydrogen) atoms. The van der Waals surface area contributed by atoms with Crippen molar-refractivity contribution in [3.8, 4) is 11.1 Å². The molecule has 0 radical (unpaired) electrons. The number of rotatable bonds is 5. The zero-order valence-corrected chi connectivity index (χ0v) is 14.4. The Hall–Kier alpha value is -1.76. The van der Waals surface area contributed by atoms with Crippen LogP contribution in [0.4, 0.5) is 10.2 Å². The van der Waals surface area contributed by atoms with Gasteiger partial charge in [0.25, 0.3) is 0 Å². The summed E-state index contributed by atoms with van der Waals surface area (Å²) in [6.07, 6.45) is 0. The molecule has 0 aliphatic rings. The molecule has 0 bridgehead atoms. The fourth-order valence-electron chi connectivity index (χ4n) is 2.28. The third-order valence-corrected chi connectivity index (χ3v) is 4.45. The number of hydrogen-bond acceptors (Lipinski definition) is 5. The van der Waals surface area contributed by atoms with Gasteiger partial charge in [0, 0.05) is 24.0 Å². The fraction of sp³-hybridized carbons (Fsp3) is 0.250. The van der Waals surface area contributed by atoms with E-state index in [-0.39, 0.29) is 11.1 Å². The van der Waals surface area contributed by atoms with E-state index in [1.165, 1.54) is 23.5 Å². The summed E-state index contributed by atoms with van der Waals surface area (Å²) in [4.78, 5) is 11.5. The number of anilines is 1. The van der Waals surface area contributed by atoms with Crippen LogP contribution in [0.2, 0.25) is 5.28 Å². The van der Waals surface area contributed by atoms with E-state index in [1.54, 1.807) is 12.1 Å². The maximum Gasteiger partial charge on any atom is 0.225 e. The summed E-state index contributed by atoms with van der Waals surface area (Å²) in [7, 11) is 4.03. The van der Waals surface area contributed by atoms with Crippen LogP contribution < -0.4 is 5.32 Å². The summed E-state index contributed by atoms with van der Waals surface area (Å²) in [6.45, 7) is 1.62. The maximum absolute atomic E-state index is 13.2. The molecule has 0 aliphatic heterocycles. The monoisotopic (exact) mass is 350 g/mol. The first-order valence-electron chi connectivity index (χ1n) is 7.14. The molecular weight excluding hydrogens is 335 g/mol. The minimum Gasteiger partial charge on any atom is -0.368 e. The Labute approximate surface area is 142 Å². The molecule has 1 aromatic carbocycles. The lowest BCUT2D eigenvalue weighted by Gasteiger charge is -2.12. The summed E-state index contributed by atoms with van der Waals surface area (Å²) < 4.78 is 13.2. The first kappa shape index (κ1) is 16.1. The number of halogens is 2. The standard InChI is InChI=1S/C16H16ClFN4S/c1-22(2)8-7-19-14-13-12(10-3-5-11(18)6-4-10)9-23-15(13)21-16(17)20-14/h3-6,9H,7-8H2,1-2H3,(H,19,20,21). The second-order valence-electron chi connectivity index (χ2n) is 5.41. The van der Waals surface area contributed by atoms with Crippen LogP contribution in [0, 0.1) is 5.82 Å². The number of benzene rings is 1. The van der Waals surface area contributed by atoms with Crippen LogP contribution in [0.5, 0.6) is 0 Å². The van der Waals surface area contributed by atoms with Gasteiger partial charge < -0.3 is 10.2 Å². The Balaban J connectivity index is 2.04. The van der Waals surface area contributed by atoms with Crippen LogP contribution >= 0.6 is 22.9 Å². The van der Waals surface area contributed by atoms with E-state index in [0.717, 1.165) is 34.4 Å². The number of nitrogens with zero attached hydrogens (tertiary/aromatic N) is 3. The molecule has 0 amide bonds. The highest BCUT2D eigenvalue weighted by Crippen LogP contribution is 2.37. The largest absolute Gasteiger partial charge is 0.368 e. The lowest BCUT2D eigenvalue weighted by molar-refractivity contribution is 0.425. The van der Waals surface area contributed by atoms with Crippen LogP contribution in [0.3, 0.4) is 0 Å². The Kier molecular flexibility index (Phi) is 4.75. The summed E-state index contributed by atoms with van der Waals surface area (Å²) in [6, 6.07) is 6.42. The van der Waals surface area contributed by atoms with Gasteiger partial charge in [-0.3, -0.25) is 0 Å². The normalized spacial score (nSPS) is 11.3. The van der Waals surface area contributed by atoms with Crippen molar-refractivity contribution in [3.63, 3.8) is 0 Å². The fourth-order valence-corrected chi connectivity index (χ4v) is 3.45. The van der Waals surface area contributed by atoms with Gasteiger partial charge >= 0.3 is 0 Å². The van der Waals surface area contributed by atoms with Gasteiger partial charge in [0.2, 0.25) is 5.28 Å². The van der Waals surface area contributed by atoms with Crippen molar-refractivity contribution in [1.82, 2.24) is 14.9 Å². The van der Waals surface area contributed by atoms with Gasteiger partial charge in [-0.05, 0) is 43.4 Å². The quantitative estimate of drug-likeness (QED) is 0.703. The molecule has 0 saturated carbocycles. The lowest BCUT2D eigenvalue weighted by Crippen LogP contribution is -2.21. The maximum atomic E-state index is 13.2. The summed E-state index contributed by atoms with van der Waals surface area (Å²) in [5, 5.41) is 6.46. The topological polar surface area (TPSA) is 41.0 Å². The lowest BCUT2D eigenvalue weighted by atomic mass is 10.1. The van der Waals surface area contributed by atoms with E-state index in [1.807, 2.05) is 19.5 Å². The van der Waals surface area contributed by atoms with Crippen LogP contribution in [-0.4, -0.2) is 42.1 Å². The second-order valence-corrected chi connectivity index (χ2v) is 6.60. The zero-order valence-electron chi connectivity index (χ0n) is 12.8. The number of thiophene rings is 1. The van der Waals surface area contributed by atoms with Gasteiger partial charge in [-0.15, -0.1) is 11.3 Å². The van der Waals surface area contributed by atoms with Crippen LogP contribution in [0.1, 0.15) is 0 Å². The van der Waals surface area contributed by atoms with Crippen LogP contribution in [0.15, 0.2) is 29.6 Å². The first-order valence-corrected chi connectivity index (χ1v) is 8.39. The van der Waals surface area contributed by atoms with Gasteiger partial charge in [0.05, 0.1) is 5.39 Å². The Bertz CT molecular complexity index is 817. The minimum absolute atomic E-state index is 0.220. The van der Waals surface area contributed by atoms with Crippen molar-refractivity contribution in [3.05, 3.63) is 40.7 Å². The molecule has 0 atom stereocenters. The number of aromatic nitrogens is 2. The van der Waals surface area contributed by atoms with Gasteiger partial charge in [0.15, 0.2) is 0 Å². The van der Waals surface area contributed by atoms with Gasteiger partial charge in [-0.25, -0.2) is 14.4 Å². The van der Waals surface area contributed by atoms with Crippen molar-refractivity contribution in [1.29, 1.82) is 0 Å². The third-order valence-electron chi connectivity index (χ3n) is 3.41. The molecule has 4 nitrogen and oxygen atoms in total. The molecule has 2 heterocycles. The van der Waals surface area contributed by atoms with E-state index in [9.17, 15) is 4.39 Å². The SMILES string of the molecule is CN(C)CCNc1nc(Cl)nc2scc(-c3ccc(F)cc3)c12. The molecular formula is C16H16ClFN4S. The highest BCUT2D eigenvalue weighted by Gasteiger charge is 2.14. The molecule has 120 valence electrons. The molecule has 1 N–H and O–H groups in total. The molecule has 3 rings (SSSR count). The zero-order chi connectivity index (χ0) is 16.4. The number of fused-ring (bicyclic) bond motifs is 1. The Morgan fingerprint density at radius 1 is 1.22 bits per heavy atom. The summed E-state index contributed by atoms with van der Waals surface area (Å²) in [5.74, 6) is 0.458. The van der Waals surface area contributed by atoms with Gasteiger partial charge in [0.1, 0.15) is 16.5 Å². The molecule has 0 unspecified atom stereocenters. The summed E-state index contributed by atoms with van der Waals surface area (Å²) in [5.41, 5.74) is 1.91. The Morgan fingerprint density at radius 3 is 2.65 bits per heavy atom. The smallest absolute Gasteiger partial charge is 0.225 e. The van der Waals surface area contributed by atoms with E-state index < -0.39 is 0 Å². The Morgan fingerprint density at radius 2 is 1.96 bits per heavy atom. The molecule has 0 fully saturated rings. The summed E-state index contributed by atoms with van der Waals surface area (Å²) >= 11 is 7.53. The molecule has 0 spiro atoms. The van der Waals surface area contributed by atoms with E-state index in [4.69, 9.17) is 11.6 Å². The first-order chi connectivity index (χ1) is 11.0. The average Bonchev–Trinajstić information content (AvgIpc) is 2.91. The predicted molar refractivity (Wildman–Crippen MR) is 94.9 cm³/mol. The number of nitrogens with one attached hydrogen (secondary N) is 1. The number of hydrogen-bond donors (Lipinski definition) is 1. The van der Waals surface area contributed by atoms with Crippen molar-refractivity contribution >= 4 is 39.0 Å². The molecule has 2 aromatic heterocycles. The number of likely N-dealkylation sites (N-methyl/N-ethyl adjacent to an activating group) is 1. The highest BCUT2D eigenvalue weighted by molar-refractivity contribution is 7.17. The van der Waals surface area contributed by atoms with E-state index in [2.05, 4.69) is 20.2 Å². The van der Waals surface area contributed by atoms with E-state index >= 15 is 0 Å². The minimum atomic E-state index is -0.253. The van der Waals surface area contributed by atoms with Crippen molar-refractivity contribution in [2.75, 3.05) is 32.5 Å². The van der Waals surface area contributed by atoms with Crippen molar-refractivity contribution in [2.45, 2.75) is 0 Å². The molecule has 3 aromatic rings. The predicted octanol–water partition coefficient (Wildman–Crippen LogP) is 4.12. The van der Waals surface area contributed by atoms with Gasteiger partial charge in [-0.2, -0.15) is 0 Å². The molecule has 0 saturated heterocycles. The third kappa shape index (κ3) is 3.60. The molecule has 7 heteroatoms. The second kappa shape index (κ2) is 6.78. The van der Waals surface area contributed by atoms with E-state index in [0.29, 0.717) is 5.82 Å². The van der Waals surface area contributed by atoms with Crippen LogP contribution in [-0.2, 0) is 0 Å². The van der Waals surface area contributed by atoms with Crippen molar-refractivity contribution in [2.24, 2.45) is 0 Å². The van der Waals surface area contributed by atoms with Crippen molar-refractivity contribution < 1.29 is 4.39 Å². The molecule has 0 aliphatic carbocycles. The van der Waals surface area contributed by atoms with Crippen LogP contribution in [0.25, 0.3) is 21.3 Å².